The minimum absolute atomic E-state index is 0.0410. The molecule has 4 rings (SSSR count). The van der Waals surface area contributed by atoms with Gasteiger partial charge in [-0.05, 0) is 37.5 Å². The second-order valence-corrected chi connectivity index (χ2v) is 6.87. The highest BCUT2D eigenvalue weighted by molar-refractivity contribution is 5.46. The first kappa shape index (κ1) is 17.7. The van der Waals surface area contributed by atoms with Crippen molar-refractivity contribution < 1.29 is 18.3 Å². The van der Waals surface area contributed by atoms with E-state index in [0.717, 1.165) is 15.6 Å². The molecule has 1 saturated heterocycles. The number of fused-ring (bicyclic) bond motifs is 1. The molecule has 6 nitrogen and oxygen atoms in total. The van der Waals surface area contributed by atoms with Gasteiger partial charge in [-0.2, -0.15) is 17.7 Å². The fraction of sp³-hybridized carbons (Fsp3) is 0.389. The monoisotopic (exact) mass is 377 g/mol. The SMILES string of the molecule is Cc1ccc(C2(O)CCN(c3ccc4nnc(C(F)(F)F)n4n3)CC2)cc1. The molecule has 0 saturated carbocycles. The van der Waals surface area contributed by atoms with Gasteiger partial charge < -0.3 is 10.0 Å². The Morgan fingerprint density at radius 1 is 1.00 bits per heavy atom. The number of benzene rings is 1. The standard InChI is InChI=1S/C18H18F3N5O/c1-12-2-4-13(5-3-12)17(27)8-10-25(11-9-17)15-7-6-14-22-23-16(18(19,20)21)26(14)24-15/h2-7,27H,8-11H2,1H3. The smallest absolute Gasteiger partial charge is 0.385 e. The Kier molecular flexibility index (Phi) is 4.06. The van der Waals surface area contributed by atoms with E-state index in [-0.39, 0.29) is 5.65 Å². The van der Waals surface area contributed by atoms with E-state index >= 15 is 0 Å². The predicted molar refractivity (Wildman–Crippen MR) is 92.3 cm³/mol. The molecule has 142 valence electrons. The van der Waals surface area contributed by atoms with Crippen molar-refractivity contribution in [2.45, 2.75) is 31.5 Å². The van der Waals surface area contributed by atoms with Crippen molar-refractivity contribution in [1.82, 2.24) is 19.8 Å². The maximum absolute atomic E-state index is 13.0. The van der Waals surface area contributed by atoms with Gasteiger partial charge >= 0.3 is 6.18 Å². The third-order valence-corrected chi connectivity index (χ3v) is 5.01. The van der Waals surface area contributed by atoms with Crippen LogP contribution in [0.4, 0.5) is 19.0 Å². The van der Waals surface area contributed by atoms with Gasteiger partial charge in [-0.25, -0.2) is 0 Å². The van der Waals surface area contributed by atoms with Crippen LogP contribution in [0.3, 0.4) is 0 Å². The number of nitrogens with zero attached hydrogens (tertiary/aromatic N) is 5. The Morgan fingerprint density at radius 3 is 2.30 bits per heavy atom. The molecule has 0 spiro atoms. The topological polar surface area (TPSA) is 66.5 Å². The Bertz CT molecular complexity index is 959. The van der Waals surface area contributed by atoms with Gasteiger partial charge in [0.25, 0.3) is 5.82 Å². The molecule has 1 N–H and O–H groups in total. The summed E-state index contributed by atoms with van der Waals surface area (Å²) in [7, 11) is 0. The molecule has 9 heteroatoms. The van der Waals surface area contributed by atoms with Crippen LogP contribution in [0.2, 0.25) is 0 Å². The van der Waals surface area contributed by atoms with E-state index < -0.39 is 17.6 Å². The van der Waals surface area contributed by atoms with Crippen LogP contribution in [-0.2, 0) is 11.8 Å². The first-order chi connectivity index (χ1) is 12.8. The number of alkyl halides is 3. The maximum Gasteiger partial charge on any atom is 0.453 e. The Labute approximate surface area is 153 Å². The van der Waals surface area contributed by atoms with Crippen LogP contribution in [0, 0.1) is 6.92 Å². The Morgan fingerprint density at radius 2 is 1.67 bits per heavy atom. The Hall–Kier alpha value is -2.68. The summed E-state index contributed by atoms with van der Waals surface area (Å²) in [5, 5.41) is 21.7. The minimum atomic E-state index is -4.63. The molecule has 0 unspecified atom stereocenters. The van der Waals surface area contributed by atoms with Crippen molar-refractivity contribution >= 4 is 11.5 Å². The molecule has 0 amide bonds. The molecular formula is C18H18F3N5O. The molecule has 3 aromatic rings. The number of halogens is 3. The fourth-order valence-electron chi connectivity index (χ4n) is 3.38. The summed E-state index contributed by atoms with van der Waals surface area (Å²) in [5.74, 6) is -0.744. The summed E-state index contributed by atoms with van der Waals surface area (Å²) in [6.45, 7) is 2.94. The van der Waals surface area contributed by atoms with Gasteiger partial charge in [-0.15, -0.1) is 15.3 Å². The van der Waals surface area contributed by atoms with Crippen molar-refractivity contribution in [3.05, 3.63) is 53.3 Å². The van der Waals surface area contributed by atoms with Gasteiger partial charge in [0, 0.05) is 13.1 Å². The molecular weight excluding hydrogens is 359 g/mol. The molecule has 27 heavy (non-hydrogen) atoms. The van der Waals surface area contributed by atoms with E-state index in [4.69, 9.17) is 0 Å². The van der Waals surface area contributed by atoms with Gasteiger partial charge in [0.05, 0.1) is 5.60 Å². The molecule has 3 heterocycles. The van der Waals surface area contributed by atoms with E-state index in [9.17, 15) is 18.3 Å². The van der Waals surface area contributed by atoms with Crippen LogP contribution >= 0.6 is 0 Å². The number of hydrogen-bond donors (Lipinski definition) is 1. The molecule has 2 aromatic heterocycles. The second-order valence-electron chi connectivity index (χ2n) is 6.87. The maximum atomic E-state index is 13.0. The lowest BCUT2D eigenvalue weighted by atomic mass is 9.84. The van der Waals surface area contributed by atoms with Crippen LogP contribution in [-0.4, -0.2) is 38.0 Å². The zero-order valence-electron chi connectivity index (χ0n) is 14.6. The number of aromatic nitrogens is 4. The summed E-state index contributed by atoms with van der Waals surface area (Å²) < 4.78 is 39.8. The minimum Gasteiger partial charge on any atom is -0.385 e. The third-order valence-electron chi connectivity index (χ3n) is 5.01. The number of aliphatic hydroxyl groups is 1. The molecule has 1 aromatic carbocycles. The highest BCUT2D eigenvalue weighted by atomic mass is 19.4. The number of piperidine rings is 1. The Balaban J connectivity index is 1.57. The van der Waals surface area contributed by atoms with E-state index in [2.05, 4.69) is 15.3 Å². The summed E-state index contributed by atoms with van der Waals surface area (Å²) >= 11 is 0. The third kappa shape index (κ3) is 3.23. The lowest BCUT2D eigenvalue weighted by Crippen LogP contribution is -2.43. The van der Waals surface area contributed by atoms with Gasteiger partial charge in [-0.3, -0.25) is 0 Å². The molecule has 1 aliphatic heterocycles. The molecule has 0 atom stereocenters. The van der Waals surface area contributed by atoms with E-state index in [1.807, 2.05) is 36.1 Å². The lowest BCUT2D eigenvalue weighted by Gasteiger charge is -2.39. The summed E-state index contributed by atoms with van der Waals surface area (Å²) in [6, 6.07) is 10.8. The molecule has 1 fully saturated rings. The largest absolute Gasteiger partial charge is 0.453 e. The average molecular weight is 377 g/mol. The predicted octanol–water partition coefficient (Wildman–Crippen LogP) is 2.94. The van der Waals surface area contributed by atoms with Gasteiger partial charge in [0.2, 0.25) is 0 Å². The van der Waals surface area contributed by atoms with Gasteiger partial charge in [0.1, 0.15) is 5.82 Å². The van der Waals surface area contributed by atoms with E-state index in [1.54, 1.807) is 6.07 Å². The average Bonchev–Trinajstić information content (AvgIpc) is 3.06. The van der Waals surface area contributed by atoms with Crippen LogP contribution in [0.1, 0.15) is 29.8 Å². The van der Waals surface area contributed by atoms with Crippen LogP contribution in [0.15, 0.2) is 36.4 Å². The van der Waals surface area contributed by atoms with Crippen LogP contribution in [0.25, 0.3) is 5.65 Å². The lowest BCUT2D eigenvalue weighted by molar-refractivity contribution is -0.146. The second kappa shape index (κ2) is 6.19. The number of hydrogen-bond acceptors (Lipinski definition) is 5. The quantitative estimate of drug-likeness (QED) is 0.744. The van der Waals surface area contributed by atoms with Crippen molar-refractivity contribution in [2.75, 3.05) is 18.0 Å². The van der Waals surface area contributed by atoms with Crippen molar-refractivity contribution in [2.24, 2.45) is 0 Å². The molecule has 0 radical (unpaired) electrons. The van der Waals surface area contributed by atoms with Crippen molar-refractivity contribution in [3.8, 4) is 0 Å². The first-order valence-corrected chi connectivity index (χ1v) is 8.60. The molecule has 1 aliphatic rings. The highest BCUT2D eigenvalue weighted by Gasteiger charge is 2.38. The first-order valence-electron chi connectivity index (χ1n) is 8.60. The zero-order valence-corrected chi connectivity index (χ0v) is 14.6. The summed E-state index contributed by atoms with van der Waals surface area (Å²) in [5.41, 5.74) is 1.07. The van der Waals surface area contributed by atoms with Crippen molar-refractivity contribution in [1.29, 1.82) is 0 Å². The molecule has 0 bridgehead atoms. The van der Waals surface area contributed by atoms with E-state index in [0.29, 0.717) is 31.7 Å². The van der Waals surface area contributed by atoms with Crippen molar-refractivity contribution in [3.63, 3.8) is 0 Å². The van der Waals surface area contributed by atoms with Gasteiger partial charge in [-0.1, -0.05) is 29.8 Å². The highest BCUT2D eigenvalue weighted by Crippen LogP contribution is 2.34. The summed E-state index contributed by atoms with van der Waals surface area (Å²) in [6.07, 6.45) is -3.70. The van der Waals surface area contributed by atoms with Crippen LogP contribution < -0.4 is 4.90 Å². The number of anilines is 1. The number of rotatable bonds is 2. The normalized spacial score (nSPS) is 17.4. The molecule has 0 aliphatic carbocycles. The zero-order chi connectivity index (χ0) is 19.2. The van der Waals surface area contributed by atoms with Gasteiger partial charge in [0.15, 0.2) is 5.65 Å². The number of aryl methyl sites for hydroxylation is 1. The van der Waals surface area contributed by atoms with Crippen LogP contribution in [0.5, 0.6) is 0 Å². The van der Waals surface area contributed by atoms with E-state index in [1.165, 1.54) is 6.07 Å². The fourth-order valence-corrected chi connectivity index (χ4v) is 3.38. The summed E-state index contributed by atoms with van der Waals surface area (Å²) in [4.78, 5) is 1.86.